The third-order valence-corrected chi connectivity index (χ3v) is 1.97. The third kappa shape index (κ3) is 1.81. The molecule has 5 nitrogen and oxygen atoms in total. The molecule has 2 N–H and O–H groups in total. The van der Waals surface area contributed by atoms with Crippen molar-refractivity contribution >= 4 is 24.7 Å². The van der Waals surface area contributed by atoms with Crippen molar-refractivity contribution in [1.82, 2.24) is 10.6 Å². The maximum Gasteiger partial charge on any atom is 0.321 e. The van der Waals surface area contributed by atoms with E-state index < -0.39 is 12.0 Å². The van der Waals surface area contributed by atoms with E-state index in [9.17, 15) is 4.79 Å². The number of nitrogens with one attached hydrogen (secondary N) is 1. The number of carboxylic acid groups (broad SMARTS) is 1. The summed E-state index contributed by atoms with van der Waals surface area (Å²) in [5, 5.41) is 15.5. The molecule has 1 atom stereocenters. The van der Waals surface area contributed by atoms with Crippen LogP contribution >= 0.6 is 12.4 Å². The van der Waals surface area contributed by atoms with Crippen molar-refractivity contribution in [2.24, 2.45) is 4.99 Å². The lowest BCUT2D eigenvalue weighted by atomic mass is 10.1. The van der Waals surface area contributed by atoms with Crippen LogP contribution in [0.4, 0.5) is 0 Å². The standard InChI is InChI=1S/C7H8N3O2.ClH/c11-7(12)5-1-4-6(2-8-5)10-3-9-4;/h3,5,8H,1-2H2,(H,11,12);1H/t5-;/m1./s1. The van der Waals surface area contributed by atoms with E-state index in [0.717, 1.165) is 11.4 Å². The summed E-state index contributed by atoms with van der Waals surface area (Å²) in [6.45, 7) is 0.506. The number of rotatable bonds is 1. The maximum absolute atomic E-state index is 10.6. The minimum Gasteiger partial charge on any atom is -0.480 e. The molecule has 0 saturated carbocycles. The fourth-order valence-corrected chi connectivity index (χ4v) is 1.30. The summed E-state index contributed by atoms with van der Waals surface area (Å²) in [5.41, 5.74) is 1.67. The van der Waals surface area contributed by atoms with Crippen molar-refractivity contribution in [1.29, 1.82) is 0 Å². The predicted molar refractivity (Wildman–Crippen MR) is 48.9 cm³/mol. The van der Waals surface area contributed by atoms with Crippen molar-refractivity contribution < 1.29 is 9.90 Å². The third-order valence-electron chi connectivity index (χ3n) is 1.97. The summed E-state index contributed by atoms with van der Waals surface area (Å²) >= 11 is 0. The quantitative estimate of drug-likeness (QED) is 0.614. The largest absolute Gasteiger partial charge is 0.480 e. The van der Waals surface area contributed by atoms with Crippen LogP contribution in [0.1, 0.15) is 6.42 Å². The van der Waals surface area contributed by atoms with Crippen LogP contribution in [0.5, 0.6) is 0 Å². The molecule has 0 spiro atoms. The molecule has 71 valence electrons. The molecule has 0 unspecified atom stereocenters. The zero-order valence-corrected chi connectivity index (χ0v) is 7.54. The molecule has 0 aromatic heterocycles. The van der Waals surface area contributed by atoms with E-state index in [1.807, 2.05) is 0 Å². The first-order valence-corrected chi connectivity index (χ1v) is 3.69. The Bertz CT molecular complexity index is 287. The minimum absolute atomic E-state index is 0. The van der Waals surface area contributed by atoms with Gasteiger partial charge in [0, 0.05) is 13.0 Å². The smallest absolute Gasteiger partial charge is 0.321 e. The molecule has 0 amide bonds. The van der Waals surface area contributed by atoms with Gasteiger partial charge in [-0.15, -0.1) is 12.4 Å². The number of aliphatic imine (C=N–C) groups is 1. The first-order chi connectivity index (χ1) is 5.77. The summed E-state index contributed by atoms with van der Waals surface area (Å²) in [6, 6.07) is -0.505. The lowest BCUT2D eigenvalue weighted by molar-refractivity contribution is -0.139. The van der Waals surface area contributed by atoms with Crippen LogP contribution in [0, 0.1) is 0 Å². The molecule has 2 aliphatic rings. The molecule has 0 aliphatic carbocycles. The number of nitrogens with zero attached hydrogens (tertiary/aromatic N) is 2. The van der Waals surface area contributed by atoms with E-state index in [0.29, 0.717) is 13.0 Å². The van der Waals surface area contributed by atoms with Crippen LogP contribution < -0.4 is 10.6 Å². The van der Waals surface area contributed by atoms with Crippen molar-refractivity contribution in [2.75, 3.05) is 6.54 Å². The summed E-state index contributed by atoms with van der Waals surface area (Å²) in [4.78, 5) is 14.6. The highest BCUT2D eigenvalue weighted by molar-refractivity contribution is 5.85. The van der Waals surface area contributed by atoms with Crippen LogP contribution in [-0.4, -0.2) is 30.0 Å². The molecule has 2 heterocycles. The number of halogens is 1. The molecule has 2 rings (SSSR count). The van der Waals surface area contributed by atoms with Crippen LogP contribution in [0.3, 0.4) is 0 Å². The van der Waals surface area contributed by atoms with Crippen LogP contribution in [0.2, 0.25) is 0 Å². The van der Waals surface area contributed by atoms with Gasteiger partial charge in [0.2, 0.25) is 0 Å². The highest BCUT2D eigenvalue weighted by Crippen LogP contribution is 2.18. The number of carbonyl (C=O) groups is 1. The lowest BCUT2D eigenvalue weighted by Gasteiger charge is -2.19. The second-order valence-electron chi connectivity index (χ2n) is 2.74. The number of hydrogen-bond acceptors (Lipinski definition) is 3. The normalized spacial score (nSPS) is 24.8. The Balaban J connectivity index is 0.000000845. The minimum atomic E-state index is -0.830. The monoisotopic (exact) mass is 202 g/mol. The van der Waals surface area contributed by atoms with Gasteiger partial charge >= 0.3 is 5.97 Å². The van der Waals surface area contributed by atoms with Crippen molar-refractivity contribution in [3.63, 3.8) is 0 Å². The molecule has 1 radical (unpaired) electrons. The molecular weight excluding hydrogens is 194 g/mol. The van der Waals surface area contributed by atoms with Gasteiger partial charge in [-0.05, 0) is 0 Å². The van der Waals surface area contributed by atoms with Crippen molar-refractivity contribution in [3.8, 4) is 0 Å². The molecule has 6 heteroatoms. The van der Waals surface area contributed by atoms with E-state index in [1.165, 1.54) is 6.34 Å². The highest BCUT2D eigenvalue weighted by Gasteiger charge is 2.27. The molecule has 13 heavy (non-hydrogen) atoms. The van der Waals surface area contributed by atoms with Gasteiger partial charge in [-0.2, -0.15) is 0 Å². The van der Waals surface area contributed by atoms with Gasteiger partial charge in [0.15, 0.2) is 0 Å². The Morgan fingerprint density at radius 2 is 2.38 bits per heavy atom. The topological polar surface area (TPSA) is 75.8 Å². The SMILES string of the molecule is Cl.O=C(O)[C@H]1CC2=C(CN1)N=C[N]2. The molecule has 0 bridgehead atoms. The van der Waals surface area contributed by atoms with E-state index in [-0.39, 0.29) is 12.4 Å². The summed E-state index contributed by atoms with van der Waals surface area (Å²) in [7, 11) is 0. The second kappa shape index (κ2) is 3.76. The van der Waals surface area contributed by atoms with Crippen LogP contribution in [-0.2, 0) is 4.79 Å². The molecule has 2 aliphatic heterocycles. The zero-order valence-electron chi connectivity index (χ0n) is 6.73. The number of aliphatic carboxylic acids is 1. The maximum atomic E-state index is 10.6. The Kier molecular flexibility index (Phi) is 2.90. The van der Waals surface area contributed by atoms with E-state index in [1.54, 1.807) is 0 Å². The number of hydrogen-bond donors (Lipinski definition) is 2. The van der Waals surface area contributed by atoms with E-state index in [4.69, 9.17) is 5.11 Å². The molecular formula is C7H9ClN3O2. The summed E-state index contributed by atoms with van der Waals surface area (Å²) < 4.78 is 0. The van der Waals surface area contributed by atoms with Crippen molar-refractivity contribution in [3.05, 3.63) is 11.4 Å². The van der Waals surface area contributed by atoms with Gasteiger partial charge < -0.3 is 5.11 Å². The van der Waals surface area contributed by atoms with Crippen LogP contribution in [0.15, 0.2) is 16.4 Å². The van der Waals surface area contributed by atoms with Gasteiger partial charge in [0.1, 0.15) is 12.4 Å². The first kappa shape index (κ1) is 10.0. The van der Waals surface area contributed by atoms with E-state index in [2.05, 4.69) is 15.6 Å². The Morgan fingerprint density at radius 3 is 3.08 bits per heavy atom. The molecule has 0 aromatic rings. The van der Waals surface area contributed by atoms with Gasteiger partial charge in [-0.1, -0.05) is 0 Å². The molecule has 0 fully saturated rings. The van der Waals surface area contributed by atoms with Crippen molar-refractivity contribution in [2.45, 2.75) is 12.5 Å². The first-order valence-electron chi connectivity index (χ1n) is 3.69. The predicted octanol–water partition coefficient (Wildman–Crippen LogP) is -0.287. The fourth-order valence-electron chi connectivity index (χ4n) is 1.30. The number of carboxylic acids is 1. The van der Waals surface area contributed by atoms with Gasteiger partial charge in [-0.25, -0.2) is 10.3 Å². The zero-order chi connectivity index (χ0) is 8.55. The van der Waals surface area contributed by atoms with Gasteiger partial charge in [-0.3, -0.25) is 10.1 Å². The molecule has 0 saturated heterocycles. The van der Waals surface area contributed by atoms with Gasteiger partial charge in [0.25, 0.3) is 0 Å². The summed E-state index contributed by atoms with van der Waals surface area (Å²) in [6.07, 6.45) is 1.90. The van der Waals surface area contributed by atoms with E-state index >= 15 is 0 Å². The lowest BCUT2D eigenvalue weighted by Crippen LogP contribution is -2.41. The van der Waals surface area contributed by atoms with Crippen LogP contribution in [0.25, 0.3) is 0 Å². The second-order valence-corrected chi connectivity index (χ2v) is 2.74. The average molecular weight is 203 g/mol. The van der Waals surface area contributed by atoms with Gasteiger partial charge in [0.05, 0.1) is 11.4 Å². The Hall–Kier alpha value is -1.07. The Morgan fingerprint density at radius 1 is 1.62 bits per heavy atom. The average Bonchev–Trinajstić information content (AvgIpc) is 2.49. The highest BCUT2D eigenvalue weighted by atomic mass is 35.5. The summed E-state index contributed by atoms with van der Waals surface area (Å²) in [5.74, 6) is -0.830. The fraction of sp³-hybridized carbons (Fsp3) is 0.429. The Labute approximate surface area is 81.3 Å². The molecule has 0 aromatic carbocycles.